The monoisotopic (exact) mass is 284 g/mol. The van der Waals surface area contributed by atoms with E-state index in [-0.39, 0.29) is 11.1 Å². The number of alkyl halides is 1. The van der Waals surface area contributed by atoms with Crippen molar-refractivity contribution in [3.05, 3.63) is 34.4 Å². The number of aryl methyl sites for hydroxylation is 1. The summed E-state index contributed by atoms with van der Waals surface area (Å²) in [5, 5.41) is 18.2. The fraction of sp³-hybridized carbons (Fsp3) is 0.429. The number of rotatable bonds is 5. The SMILES string of the molecule is Cc1cc(C(=O)O)cc(C(=O)O)c1CCC(C)(C)Cl. The van der Waals surface area contributed by atoms with Crippen molar-refractivity contribution in [1.82, 2.24) is 0 Å². The van der Waals surface area contributed by atoms with Crippen molar-refractivity contribution in [2.45, 2.75) is 38.5 Å². The van der Waals surface area contributed by atoms with Crippen molar-refractivity contribution in [2.75, 3.05) is 0 Å². The third-order valence-corrected chi connectivity index (χ3v) is 3.11. The van der Waals surface area contributed by atoms with Gasteiger partial charge >= 0.3 is 11.9 Å². The highest BCUT2D eigenvalue weighted by atomic mass is 35.5. The number of hydrogen-bond donors (Lipinski definition) is 2. The standard InChI is InChI=1S/C14H17ClO4/c1-8-6-9(12(16)17)7-11(13(18)19)10(8)4-5-14(2,3)15/h6-7H,4-5H2,1-3H3,(H,16,17)(H,18,19). The molecule has 0 aliphatic heterocycles. The minimum atomic E-state index is -1.13. The summed E-state index contributed by atoms with van der Waals surface area (Å²) in [6, 6.07) is 2.69. The molecule has 104 valence electrons. The molecule has 0 aliphatic carbocycles. The number of hydrogen-bond acceptors (Lipinski definition) is 2. The van der Waals surface area contributed by atoms with Crippen LogP contribution in [0.5, 0.6) is 0 Å². The van der Waals surface area contributed by atoms with Gasteiger partial charge < -0.3 is 10.2 Å². The molecule has 0 saturated heterocycles. The van der Waals surface area contributed by atoms with Gasteiger partial charge in [0.2, 0.25) is 0 Å². The van der Waals surface area contributed by atoms with E-state index in [1.165, 1.54) is 12.1 Å². The van der Waals surface area contributed by atoms with Crippen LogP contribution in [-0.4, -0.2) is 27.0 Å². The Bertz CT molecular complexity index is 515. The predicted octanol–water partition coefficient (Wildman–Crippen LogP) is 3.34. The Labute approximate surface area is 117 Å². The molecular weight excluding hydrogens is 268 g/mol. The number of carboxylic acid groups (broad SMARTS) is 2. The molecule has 19 heavy (non-hydrogen) atoms. The van der Waals surface area contributed by atoms with Gasteiger partial charge in [-0.25, -0.2) is 9.59 Å². The lowest BCUT2D eigenvalue weighted by molar-refractivity contribution is 0.0695. The van der Waals surface area contributed by atoms with E-state index in [4.69, 9.17) is 16.7 Å². The van der Waals surface area contributed by atoms with E-state index in [9.17, 15) is 14.7 Å². The summed E-state index contributed by atoms with van der Waals surface area (Å²) < 4.78 is 0. The highest BCUT2D eigenvalue weighted by molar-refractivity contribution is 6.23. The maximum atomic E-state index is 11.2. The maximum Gasteiger partial charge on any atom is 0.335 e. The van der Waals surface area contributed by atoms with Crippen molar-refractivity contribution in [2.24, 2.45) is 0 Å². The Morgan fingerprint density at radius 2 is 1.79 bits per heavy atom. The fourth-order valence-electron chi connectivity index (χ4n) is 1.89. The van der Waals surface area contributed by atoms with Gasteiger partial charge in [-0.15, -0.1) is 11.6 Å². The van der Waals surface area contributed by atoms with Gasteiger partial charge in [-0.05, 0) is 56.9 Å². The van der Waals surface area contributed by atoms with Gasteiger partial charge in [-0.1, -0.05) is 0 Å². The zero-order valence-electron chi connectivity index (χ0n) is 11.2. The van der Waals surface area contributed by atoms with Gasteiger partial charge in [0.25, 0.3) is 0 Å². The molecule has 1 aromatic carbocycles. The molecule has 0 radical (unpaired) electrons. The summed E-state index contributed by atoms with van der Waals surface area (Å²) >= 11 is 6.11. The molecule has 0 spiro atoms. The zero-order chi connectivity index (χ0) is 14.8. The Kier molecular flexibility index (Phi) is 4.58. The van der Waals surface area contributed by atoms with Crippen LogP contribution >= 0.6 is 11.6 Å². The van der Waals surface area contributed by atoms with Gasteiger partial charge in [0, 0.05) is 4.87 Å². The van der Waals surface area contributed by atoms with Gasteiger partial charge in [0.1, 0.15) is 0 Å². The molecular formula is C14H17ClO4. The molecule has 0 aliphatic rings. The second-order valence-electron chi connectivity index (χ2n) is 5.15. The predicted molar refractivity (Wildman–Crippen MR) is 73.4 cm³/mol. The number of carbonyl (C=O) groups is 2. The van der Waals surface area contributed by atoms with Crippen molar-refractivity contribution in [3.63, 3.8) is 0 Å². The van der Waals surface area contributed by atoms with Crippen LogP contribution in [0, 0.1) is 6.92 Å². The average Bonchev–Trinajstić information content (AvgIpc) is 2.24. The maximum absolute atomic E-state index is 11.2. The Balaban J connectivity index is 3.23. The molecule has 0 atom stereocenters. The summed E-state index contributed by atoms with van der Waals surface area (Å²) in [4.78, 5) is 21.8. The first kappa shape index (κ1) is 15.5. The van der Waals surface area contributed by atoms with Gasteiger partial charge in [-0.2, -0.15) is 0 Å². The molecule has 0 bridgehead atoms. The summed E-state index contributed by atoms with van der Waals surface area (Å²) in [6.07, 6.45) is 1.12. The Morgan fingerprint density at radius 3 is 2.21 bits per heavy atom. The third kappa shape index (κ3) is 4.24. The van der Waals surface area contributed by atoms with Crippen molar-refractivity contribution >= 4 is 23.5 Å². The van der Waals surface area contributed by atoms with Crippen molar-refractivity contribution in [3.8, 4) is 0 Å². The van der Waals surface area contributed by atoms with E-state index >= 15 is 0 Å². The number of benzene rings is 1. The van der Waals surface area contributed by atoms with E-state index in [1.807, 2.05) is 13.8 Å². The summed E-state index contributed by atoms with van der Waals surface area (Å²) in [6.45, 7) is 5.43. The molecule has 0 unspecified atom stereocenters. The molecule has 0 aromatic heterocycles. The van der Waals surface area contributed by atoms with Gasteiger partial charge in [-0.3, -0.25) is 0 Å². The van der Waals surface area contributed by atoms with Crippen LogP contribution in [-0.2, 0) is 6.42 Å². The Hall–Kier alpha value is -1.55. The van der Waals surface area contributed by atoms with Crippen molar-refractivity contribution in [1.29, 1.82) is 0 Å². The minimum Gasteiger partial charge on any atom is -0.478 e. The number of halogens is 1. The lowest BCUT2D eigenvalue weighted by atomic mass is 9.92. The topological polar surface area (TPSA) is 74.6 Å². The molecule has 4 nitrogen and oxygen atoms in total. The average molecular weight is 285 g/mol. The molecule has 1 rings (SSSR count). The van der Waals surface area contributed by atoms with E-state index in [0.29, 0.717) is 24.0 Å². The molecule has 0 heterocycles. The first-order valence-corrected chi connectivity index (χ1v) is 6.28. The second kappa shape index (κ2) is 5.61. The first-order chi connectivity index (χ1) is 8.61. The normalized spacial score (nSPS) is 11.4. The van der Waals surface area contributed by atoms with E-state index in [2.05, 4.69) is 0 Å². The minimum absolute atomic E-state index is 0.0104. The third-order valence-electron chi connectivity index (χ3n) is 2.92. The van der Waals surface area contributed by atoms with Crippen LogP contribution < -0.4 is 0 Å². The molecule has 2 N–H and O–H groups in total. The van der Waals surface area contributed by atoms with Crippen LogP contribution in [0.4, 0.5) is 0 Å². The van der Waals surface area contributed by atoms with Crippen LogP contribution in [0.1, 0.15) is 52.1 Å². The van der Waals surface area contributed by atoms with Crippen LogP contribution in [0.2, 0.25) is 0 Å². The first-order valence-electron chi connectivity index (χ1n) is 5.91. The quantitative estimate of drug-likeness (QED) is 0.813. The molecule has 0 amide bonds. The molecule has 0 fully saturated rings. The largest absolute Gasteiger partial charge is 0.478 e. The summed E-state index contributed by atoms with van der Waals surface area (Å²) in [5.41, 5.74) is 1.34. The smallest absolute Gasteiger partial charge is 0.335 e. The highest BCUT2D eigenvalue weighted by Gasteiger charge is 2.20. The lowest BCUT2D eigenvalue weighted by Crippen LogP contribution is -2.14. The van der Waals surface area contributed by atoms with E-state index < -0.39 is 16.8 Å². The highest BCUT2D eigenvalue weighted by Crippen LogP contribution is 2.25. The summed E-state index contributed by atoms with van der Waals surface area (Å²) in [5.74, 6) is -2.25. The van der Waals surface area contributed by atoms with Gasteiger partial charge in [0.15, 0.2) is 0 Å². The molecule has 0 saturated carbocycles. The molecule has 5 heteroatoms. The van der Waals surface area contributed by atoms with E-state index in [0.717, 1.165) is 0 Å². The number of carboxylic acids is 2. The zero-order valence-corrected chi connectivity index (χ0v) is 11.9. The number of aromatic carboxylic acids is 2. The van der Waals surface area contributed by atoms with Crippen LogP contribution in [0.15, 0.2) is 12.1 Å². The Morgan fingerprint density at radius 1 is 1.21 bits per heavy atom. The molecule has 1 aromatic rings. The fourth-order valence-corrected chi connectivity index (χ4v) is 1.98. The second-order valence-corrected chi connectivity index (χ2v) is 6.17. The van der Waals surface area contributed by atoms with Crippen molar-refractivity contribution < 1.29 is 19.8 Å². The van der Waals surface area contributed by atoms with Crippen LogP contribution in [0.3, 0.4) is 0 Å². The van der Waals surface area contributed by atoms with E-state index in [1.54, 1.807) is 6.92 Å². The van der Waals surface area contributed by atoms with Gasteiger partial charge in [0.05, 0.1) is 11.1 Å². The summed E-state index contributed by atoms with van der Waals surface area (Å²) in [7, 11) is 0. The lowest BCUT2D eigenvalue weighted by Gasteiger charge is -2.18. The van der Waals surface area contributed by atoms with Crippen LogP contribution in [0.25, 0.3) is 0 Å².